The molecule has 0 unspecified atom stereocenters. The number of thiophene rings is 1. The summed E-state index contributed by atoms with van der Waals surface area (Å²) in [4.78, 5) is 22.6. The molecule has 0 N–H and O–H groups in total. The highest BCUT2D eigenvalue weighted by Crippen LogP contribution is 2.39. The molecule has 0 bridgehead atoms. The smallest absolute Gasteiger partial charge is 0.234 e. The van der Waals surface area contributed by atoms with Crippen LogP contribution in [0.15, 0.2) is 24.3 Å². The number of amides is 1. The van der Waals surface area contributed by atoms with Crippen LogP contribution < -0.4 is 9.64 Å². The second-order valence-electron chi connectivity index (χ2n) is 6.51. The van der Waals surface area contributed by atoms with Crippen LogP contribution in [0.5, 0.6) is 5.75 Å². The Balaban J connectivity index is 1.92. The lowest BCUT2D eigenvalue weighted by Gasteiger charge is -2.20. The fourth-order valence-corrected chi connectivity index (χ4v) is 5.16. The van der Waals surface area contributed by atoms with Crippen molar-refractivity contribution in [1.82, 2.24) is 9.88 Å². The van der Waals surface area contributed by atoms with Crippen molar-refractivity contribution in [3.63, 3.8) is 0 Å². The highest BCUT2D eigenvalue weighted by molar-refractivity contribution is 7.23. The molecule has 0 radical (unpaired) electrons. The molecule has 3 rings (SSSR count). The second kappa shape index (κ2) is 9.41. The number of fused-ring (bicyclic) bond motifs is 1. The van der Waals surface area contributed by atoms with Crippen molar-refractivity contribution < 1.29 is 9.53 Å². The van der Waals surface area contributed by atoms with Gasteiger partial charge in [-0.2, -0.15) is 0 Å². The summed E-state index contributed by atoms with van der Waals surface area (Å²) in [7, 11) is 5.63. The minimum atomic E-state index is -0.00795. The minimum Gasteiger partial charge on any atom is -0.494 e. The summed E-state index contributed by atoms with van der Waals surface area (Å²) >= 11 is 15.2. The van der Waals surface area contributed by atoms with Gasteiger partial charge < -0.3 is 9.64 Å². The van der Waals surface area contributed by atoms with Crippen LogP contribution in [0.3, 0.4) is 0 Å². The number of thiazole rings is 1. The van der Waals surface area contributed by atoms with E-state index in [0.29, 0.717) is 38.7 Å². The predicted molar refractivity (Wildman–Crippen MR) is 120 cm³/mol. The third-order valence-corrected chi connectivity index (χ3v) is 6.91. The topological polar surface area (TPSA) is 45.7 Å². The van der Waals surface area contributed by atoms with Gasteiger partial charge in [-0.1, -0.05) is 34.5 Å². The predicted octanol–water partition coefficient (Wildman–Crippen LogP) is 5.20. The lowest BCUT2D eigenvalue weighted by atomic mass is 10.3. The van der Waals surface area contributed by atoms with Crippen molar-refractivity contribution in [3.05, 3.63) is 38.5 Å². The van der Waals surface area contributed by atoms with E-state index in [1.165, 1.54) is 22.7 Å². The molecule has 28 heavy (non-hydrogen) atoms. The lowest BCUT2D eigenvalue weighted by molar-refractivity contribution is -0.118. The average Bonchev–Trinajstić information content (AvgIpc) is 3.26. The summed E-state index contributed by atoms with van der Waals surface area (Å²) in [6.07, 6.45) is 1.13. The van der Waals surface area contributed by atoms with E-state index in [0.717, 1.165) is 22.5 Å². The largest absolute Gasteiger partial charge is 0.494 e. The van der Waals surface area contributed by atoms with Crippen molar-refractivity contribution in [2.75, 3.05) is 39.2 Å². The molecule has 0 spiro atoms. The van der Waals surface area contributed by atoms with Crippen LogP contribution in [-0.4, -0.2) is 50.1 Å². The molecule has 0 atom stereocenters. The number of aromatic nitrogens is 1. The van der Waals surface area contributed by atoms with Crippen LogP contribution in [0, 0.1) is 0 Å². The number of nitrogens with zero attached hydrogens (tertiary/aromatic N) is 3. The number of anilines is 1. The van der Waals surface area contributed by atoms with Crippen LogP contribution >= 0.6 is 45.9 Å². The first-order valence-corrected chi connectivity index (χ1v) is 11.1. The van der Waals surface area contributed by atoms with Gasteiger partial charge in [0.05, 0.1) is 27.6 Å². The molecule has 0 saturated carbocycles. The Labute approximate surface area is 182 Å². The molecule has 2 aromatic heterocycles. The highest BCUT2D eigenvalue weighted by Gasteiger charge is 2.22. The standard InChI is InChI=1S/C19H21Cl2N3O2S2/c1-23(2)9-4-10-24(16(25)11-12-5-8-15(21)27-12)19-22-17-14(26-3)7-6-13(20)18(17)28-19/h5-8H,4,9-11H2,1-3H3. The van der Waals surface area contributed by atoms with Gasteiger partial charge in [-0.25, -0.2) is 4.98 Å². The lowest BCUT2D eigenvalue weighted by Crippen LogP contribution is -2.34. The number of carbonyl (C=O) groups excluding carboxylic acids is 1. The van der Waals surface area contributed by atoms with Crippen molar-refractivity contribution in [1.29, 1.82) is 0 Å². The fraction of sp³-hybridized carbons (Fsp3) is 0.368. The molecule has 0 aliphatic carbocycles. The average molecular weight is 458 g/mol. The number of methoxy groups -OCH3 is 1. The number of hydrogen-bond donors (Lipinski definition) is 0. The Morgan fingerprint density at radius 1 is 1.14 bits per heavy atom. The third kappa shape index (κ3) is 4.96. The molecule has 1 aromatic carbocycles. The number of hydrogen-bond acceptors (Lipinski definition) is 6. The molecule has 0 aliphatic heterocycles. The van der Waals surface area contributed by atoms with Crippen molar-refractivity contribution in [2.24, 2.45) is 0 Å². The van der Waals surface area contributed by atoms with Crippen molar-refractivity contribution >= 4 is 67.1 Å². The summed E-state index contributed by atoms with van der Waals surface area (Å²) in [5.41, 5.74) is 0.680. The van der Waals surface area contributed by atoms with E-state index >= 15 is 0 Å². The van der Waals surface area contributed by atoms with Crippen LogP contribution in [0.4, 0.5) is 5.13 Å². The fourth-order valence-electron chi connectivity index (χ4n) is 2.78. The summed E-state index contributed by atoms with van der Waals surface area (Å²) in [6, 6.07) is 7.28. The van der Waals surface area contributed by atoms with E-state index in [4.69, 9.17) is 27.9 Å². The summed E-state index contributed by atoms with van der Waals surface area (Å²) < 4.78 is 6.91. The number of benzene rings is 1. The zero-order valence-electron chi connectivity index (χ0n) is 15.9. The Morgan fingerprint density at radius 3 is 2.57 bits per heavy atom. The van der Waals surface area contributed by atoms with E-state index in [2.05, 4.69) is 9.88 Å². The number of ether oxygens (including phenoxy) is 1. The maximum Gasteiger partial charge on any atom is 0.234 e. The SMILES string of the molecule is COc1ccc(Cl)c2sc(N(CCCN(C)C)C(=O)Cc3ccc(Cl)s3)nc12. The Bertz CT molecular complexity index is 971. The molecule has 3 aromatic rings. The Kier molecular flexibility index (Phi) is 7.17. The Hall–Kier alpha value is -1.38. The summed E-state index contributed by atoms with van der Waals surface area (Å²) in [6.45, 7) is 1.46. The first kappa shape index (κ1) is 21.3. The zero-order valence-corrected chi connectivity index (χ0v) is 19.0. The molecule has 0 fully saturated rings. The van der Waals surface area contributed by atoms with Crippen LogP contribution in [-0.2, 0) is 11.2 Å². The van der Waals surface area contributed by atoms with Gasteiger partial charge in [0.25, 0.3) is 0 Å². The highest BCUT2D eigenvalue weighted by atomic mass is 35.5. The van der Waals surface area contributed by atoms with Gasteiger partial charge in [0.1, 0.15) is 11.3 Å². The van der Waals surface area contributed by atoms with Crippen LogP contribution in [0.1, 0.15) is 11.3 Å². The van der Waals surface area contributed by atoms with Crippen molar-refractivity contribution in [2.45, 2.75) is 12.8 Å². The normalized spacial score (nSPS) is 11.4. The molecule has 2 heterocycles. The monoisotopic (exact) mass is 457 g/mol. The van der Waals surface area contributed by atoms with E-state index in [1.807, 2.05) is 26.2 Å². The number of carbonyl (C=O) groups is 1. The minimum absolute atomic E-state index is 0.00795. The van der Waals surface area contributed by atoms with E-state index < -0.39 is 0 Å². The summed E-state index contributed by atoms with van der Waals surface area (Å²) in [5, 5.41) is 1.23. The molecular formula is C19H21Cl2N3O2S2. The second-order valence-corrected chi connectivity index (χ2v) is 9.69. The van der Waals surface area contributed by atoms with Gasteiger partial charge in [-0.15, -0.1) is 11.3 Å². The first-order valence-electron chi connectivity index (χ1n) is 8.71. The van der Waals surface area contributed by atoms with Crippen LogP contribution in [0.2, 0.25) is 9.36 Å². The van der Waals surface area contributed by atoms with Gasteiger partial charge in [0, 0.05) is 11.4 Å². The van der Waals surface area contributed by atoms with Gasteiger partial charge in [0.2, 0.25) is 5.91 Å². The molecule has 9 heteroatoms. The molecule has 0 saturated heterocycles. The van der Waals surface area contributed by atoms with E-state index in [9.17, 15) is 4.79 Å². The van der Waals surface area contributed by atoms with Gasteiger partial charge >= 0.3 is 0 Å². The van der Waals surface area contributed by atoms with Gasteiger partial charge in [-0.05, 0) is 51.3 Å². The van der Waals surface area contributed by atoms with Crippen LogP contribution in [0.25, 0.3) is 10.2 Å². The molecule has 5 nitrogen and oxygen atoms in total. The van der Waals surface area contributed by atoms with Gasteiger partial charge in [-0.3, -0.25) is 9.69 Å². The third-order valence-electron chi connectivity index (χ3n) is 4.14. The van der Waals surface area contributed by atoms with Crippen molar-refractivity contribution in [3.8, 4) is 5.75 Å². The molecule has 0 aliphatic rings. The number of halogens is 2. The van der Waals surface area contributed by atoms with E-state index in [1.54, 1.807) is 24.1 Å². The first-order chi connectivity index (χ1) is 13.4. The maximum absolute atomic E-state index is 13.1. The molecule has 150 valence electrons. The summed E-state index contributed by atoms with van der Waals surface area (Å²) in [5.74, 6) is 0.638. The zero-order chi connectivity index (χ0) is 20.3. The molecule has 1 amide bonds. The Morgan fingerprint density at radius 2 is 1.93 bits per heavy atom. The molecular weight excluding hydrogens is 437 g/mol. The maximum atomic E-state index is 13.1. The van der Waals surface area contributed by atoms with E-state index in [-0.39, 0.29) is 5.91 Å². The van der Waals surface area contributed by atoms with Gasteiger partial charge in [0.15, 0.2) is 5.13 Å². The number of rotatable bonds is 8. The quantitative estimate of drug-likeness (QED) is 0.466.